The fourth-order valence-electron chi connectivity index (χ4n) is 3.66. The van der Waals surface area contributed by atoms with Gasteiger partial charge in [0.25, 0.3) is 0 Å². The van der Waals surface area contributed by atoms with E-state index >= 15 is 0 Å². The molecule has 2 N–H and O–H groups in total. The number of nitrogens with zero attached hydrogens (tertiary/aromatic N) is 3. The number of anilines is 1. The summed E-state index contributed by atoms with van der Waals surface area (Å²) in [5, 5.41) is 13.4. The summed E-state index contributed by atoms with van der Waals surface area (Å²) in [6.07, 6.45) is 0.238. The lowest BCUT2D eigenvalue weighted by Gasteiger charge is -2.16. The van der Waals surface area contributed by atoms with E-state index in [9.17, 15) is 14.7 Å². The average Bonchev–Trinajstić information content (AvgIpc) is 3.25. The summed E-state index contributed by atoms with van der Waals surface area (Å²) in [5.41, 5.74) is 2.11. The Morgan fingerprint density at radius 1 is 1.14 bits per heavy atom. The molecule has 0 spiro atoms. The second kappa shape index (κ2) is 9.03. The molecule has 0 aliphatic heterocycles. The van der Waals surface area contributed by atoms with E-state index in [1.807, 2.05) is 45.0 Å². The van der Waals surface area contributed by atoms with Gasteiger partial charge in [-0.1, -0.05) is 46.9 Å². The summed E-state index contributed by atoms with van der Waals surface area (Å²) in [5.74, 6) is 5.15. The van der Waals surface area contributed by atoms with E-state index in [0.717, 1.165) is 16.0 Å². The SMILES string of the molecule is Cc1ccccc1C(C)OC(=O)Nc1c(C#Cc2nc3sc(C4(C(=O)O)CC4)nc3s2)nsc1C. The molecule has 35 heavy (non-hydrogen) atoms. The Bertz CT molecular complexity index is 1490. The first-order valence-corrected chi connectivity index (χ1v) is 13.2. The monoisotopic (exact) mass is 524 g/mol. The maximum absolute atomic E-state index is 12.6. The zero-order valence-electron chi connectivity index (χ0n) is 19.0. The molecule has 0 saturated heterocycles. The molecule has 8 nitrogen and oxygen atoms in total. The zero-order valence-corrected chi connectivity index (χ0v) is 21.5. The third-order valence-electron chi connectivity index (χ3n) is 5.83. The van der Waals surface area contributed by atoms with Crippen LogP contribution in [0.25, 0.3) is 9.66 Å². The number of carbonyl (C=O) groups is 2. The van der Waals surface area contributed by atoms with Crippen LogP contribution >= 0.6 is 34.2 Å². The summed E-state index contributed by atoms with van der Waals surface area (Å²) in [7, 11) is 0. The summed E-state index contributed by atoms with van der Waals surface area (Å²) in [6.45, 7) is 5.66. The first kappa shape index (κ1) is 23.4. The van der Waals surface area contributed by atoms with Crippen LogP contribution < -0.4 is 5.32 Å². The van der Waals surface area contributed by atoms with E-state index in [0.29, 0.717) is 43.9 Å². The molecule has 1 aromatic carbocycles. The fourth-order valence-corrected chi connectivity index (χ4v) is 6.40. The van der Waals surface area contributed by atoms with E-state index in [-0.39, 0.29) is 0 Å². The largest absolute Gasteiger partial charge is 0.481 e. The Kier molecular flexibility index (Phi) is 6.04. The van der Waals surface area contributed by atoms with Crippen LogP contribution in [-0.4, -0.2) is 31.5 Å². The predicted octanol–water partition coefficient (Wildman–Crippen LogP) is 5.65. The number of aryl methyl sites for hydroxylation is 2. The van der Waals surface area contributed by atoms with Gasteiger partial charge in [-0.05, 0) is 68.1 Å². The number of thiazole rings is 2. The number of benzene rings is 1. The number of carbonyl (C=O) groups excluding carboxylic acids is 1. The number of carboxylic acids is 1. The lowest BCUT2D eigenvalue weighted by atomic mass is 10.1. The molecule has 1 unspecified atom stereocenters. The number of hydrogen-bond acceptors (Lipinski definition) is 9. The Morgan fingerprint density at radius 3 is 2.57 bits per heavy atom. The van der Waals surface area contributed by atoms with E-state index < -0.39 is 23.6 Å². The summed E-state index contributed by atoms with van der Waals surface area (Å²) in [4.78, 5) is 35.3. The third kappa shape index (κ3) is 4.52. The molecule has 178 valence electrons. The van der Waals surface area contributed by atoms with Crippen LogP contribution in [0.3, 0.4) is 0 Å². The number of ether oxygens (including phenoxy) is 1. The summed E-state index contributed by atoms with van der Waals surface area (Å²) in [6, 6.07) is 7.76. The summed E-state index contributed by atoms with van der Waals surface area (Å²) >= 11 is 3.86. The third-order valence-corrected chi connectivity index (χ3v) is 8.73. The van der Waals surface area contributed by atoms with Crippen LogP contribution in [0.4, 0.5) is 10.5 Å². The van der Waals surface area contributed by atoms with Crippen LogP contribution in [0.5, 0.6) is 0 Å². The molecule has 1 aliphatic carbocycles. The van der Waals surface area contributed by atoms with Crippen LogP contribution in [0, 0.1) is 25.7 Å². The van der Waals surface area contributed by atoms with Crippen molar-refractivity contribution in [2.45, 2.75) is 45.1 Å². The molecule has 0 bridgehead atoms. The van der Waals surface area contributed by atoms with Gasteiger partial charge in [0.2, 0.25) is 0 Å². The number of aliphatic carboxylic acids is 1. The van der Waals surface area contributed by atoms with Gasteiger partial charge in [0.1, 0.15) is 16.5 Å². The van der Waals surface area contributed by atoms with Crippen molar-refractivity contribution in [1.82, 2.24) is 14.3 Å². The smallest absolute Gasteiger partial charge is 0.412 e. The van der Waals surface area contributed by atoms with Gasteiger partial charge in [-0.25, -0.2) is 14.8 Å². The van der Waals surface area contributed by atoms with Crippen LogP contribution in [0.15, 0.2) is 24.3 Å². The van der Waals surface area contributed by atoms with Crippen molar-refractivity contribution in [3.63, 3.8) is 0 Å². The summed E-state index contributed by atoms with van der Waals surface area (Å²) < 4.78 is 9.92. The van der Waals surface area contributed by atoms with Gasteiger partial charge in [-0.15, -0.1) is 0 Å². The molecule has 4 aromatic rings. The molecule has 1 amide bonds. The minimum Gasteiger partial charge on any atom is -0.481 e. The zero-order chi connectivity index (χ0) is 24.7. The van der Waals surface area contributed by atoms with Gasteiger partial charge in [0, 0.05) is 4.88 Å². The van der Waals surface area contributed by atoms with Crippen LogP contribution in [-0.2, 0) is 14.9 Å². The second-order valence-corrected chi connectivity index (χ2v) is 11.2. The molecular weight excluding hydrogens is 504 g/mol. The Labute approximate surface area is 213 Å². The van der Waals surface area contributed by atoms with E-state index in [2.05, 4.69) is 31.5 Å². The number of aromatic nitrogens is 3. The van der Waals surface area contributed by atoms with E-state index in [1.165, 1.54) is 34.2 Å². The Hall–Kier alpha value is -3.33. The number of amides is 1. The van der Waals surface area contributed by atoms with Crippen LogP contribution in [0.2, 0.25) is 0 Å². The molecule has 1 fully saturated rings. The fraction of sp³-hybridized carbons (Fsp3) is 0.292. The highest BCUT2D eigenvalue weighted by atomic mass is 32.1. The topological polar surface area (TPSA) is 114 Å². The van der Waals surface area contributed by atoms with E-state index in [1.54, 1.807) is 0 Å². The number of hydrogen-bond donors (Lipinski definition) is 2. The molecule has 5 rings (SSSR count). The van der Waals surface area contributed by atoms with Crippen molar-refractivity contribution < 1.29 is 19.4 Å². The molecule has 1 atom stereocenters. The Balaban J connectivity index is 1.30. The first-order valence-electron chi connectivity index (χ1n) is 10.8. The number of rotatable bonds is 5. The molecule has 1 aliphatic rings. The van der Waals surface area contributed by atoms with Crippen molar-refractivity contribution in [2.24, 2.45) is 0 Å². The average molecular weight is 525 g/mol. The van der Waals surface area contributed by atoms with Crippen molar-refractivity contribution in [2.75, 3.05) is 5.32 Å². The minimum absolute atomic E-state index is 0.408. The quantitative estimate of drug-likeness (QED) is 0.324. The van der Waals surface area contributed by atoms with E-state index in [4.69, 9.17) is 4.74 Å². The number of carboxylic acid groups (broad SMARTS) is 1. The molecule has 0 radical (unpaired) electrons. The first-order chi connectivity index (χ1) is 16.8. The van der Waals surface area contributed by atoms with Gasteiger partial charge >= 0.3 is 12.1 Å². The molecule has 11 heteroatoms. The normalized spacial score (nSPS) is 14.7. The standard InChI is InChI=1S/C24H20N4O4S3/c1-12-6-4-5-7-15(12)13(2)32-23(31)26-18-14(3)35-28-16(18)8-9-17-25-19-20(33-17)27-21(34-19)24(10-11-24)22(29)30/h4-7,13H,10-11H2,1-3H3,(H,26,31)(H,29,30). The lowest BCUT2D eigenvalue weighted by Crippen LogP contribution is -2.18. The minimum atomic E-state index is -0.832. The van der Waals surface area contributed by atoms with Gasteiger partial charge in [0.15, 0.2) is 20.4 Å². The lowest BCUT2D eigenvalue weighted by molar-refractivity contribution is -0.140. The predicted molar refractivity (Wildman–Crippen MR) is 136 cm³/mol. The second-order valence-electron chi connectivity index (χ2n) is 8.28. The van der Waals surface area contributed by atoms with Crippen molar-refractivity contribution in [1.29, 1.82) is 0 Å². The van der Waals surface area contributed by atoms with Crippen molar-refractivity contribution in [3.8, 4) is 11.8 Å². The molecular formula is C24H20N4O4S3. The maximum Gasteiger partial charge on any atom is 0.412 e. The van der Waals surface area contributed by atoms with Gasteiger partial charge in [0.05, 0.1) is 5.69 Å². The highest BCUT2D eigenvalue weighted by molar-refractivity contribution is 7.26. The maximum atomic E-state index is 12.6. The van der Waals surface area contributed by atoms with Gasteiger partial charge in [-0.2, -0.15) is 4.37 Å². The highest BCUT2D eigenvalue weighted by Gasteiger charge is 2.54. The van der Waals surface area contributed by atoms with Gasteiger partial charge in [-0.3, -0.25) is 10.1 Å². The highest BCUT2D eigenvalue weighted by Crippen LogP contribution is 2.50. The van der Waals surface area contributed by atoms with Crippen LogP contribution in [0.1, 0.15) is 57.6 Å². The van der Waals surface area contributed by atoms with Crippen molar-refractivity contribution >= 4 is 61.6 Å². The number of nitrogens with one attached hydrogen (secondary N) is 1. The molecule has 3 aromatic heterocycles. The molecule has 1 saturated carbocycles. The Morgan fingerprint density at radius 2 is 1.89 bits per heavy atom. The number of fused-ring (bicyclic) bond motifs is 1. The van der Waals surface area contributed by atoms with Crippen molar-refractivity contribution in [3.05, 3.63) is 56.0 Å². The molecule has 3 heterocycles. The van der Waals surface area contributed by atoms with Gasteiger partial charge < -0.3 is 9.84 Å².